The third-order valence-electron chi connectivity index (χ3n) is 2.59. The number of hydrogen-bond donors (Lipinski definition) is 3. The summed E-state index contributed by atoms with van der Waals surface area (Å²) in [5.41, 5.74) is -4.05. The van der Waals surface area contributed by atoms with E-state index in [9.17, 15) is 35.2 Å². The summed E-state index contributed by atoms with van der Waals surface area (Å²) < 4.78 is 0. The highest BCUT2D eigenvalue weighted by Gasteiger charge is 2.40. The van der Waals surface area contributed by atoms with E-state index >= 15 is 0 Å². The Morgan fingerprint density at radius 3 is 1.80 bits per heavy atom. The Kier molecular flexibility index (Phi) is 3.78. The Bertz CT molecular complexity index is 622. The fourth-order valence-corrected chi connectivity index (χ4v) is 1.85. The molecule has 0 unspecified atom stereocenters. The number of aromatic carboxylic acids is 1. The Balaban J connectivity index is 4.07. The van der Waals surface area contributed by atoms with Gasteiger partial charge in [-0.05, 0) is 5.92 Å². The first-order valence-electron chi connectivity index (χ1n) is 5.25. The molecule has 20 heavy (non-hydrogen) atoms. The van der Waals surface area contributed by atoms with Crippen molar-refractivity contribution < 1.29 is 30.0 Å². The van der Waals surface area contributed by atoms with Crippen LogP contribution in [0.4, 0.5) is 11.4 Å². The number of aromatic hydroxyl groups is 2. The lowest BCUT2D eigenvalue weighted by molar-refractivity contribution is -0.396. The zero-order valence-electron chi connectivity index (χ0n) is 10.4. The van der Waals surface area contributed by atoms with Crippen molar-refractivity contribution in [3.63, 3.8) is 0 Å². The fourth-order valence-electron chi connectivity index (χ4n) is 1.85. The molecule has 0 saturated heterocycles. The van der Waals surface area contributed by atoms with Crippen LogP contribution in [0, 0.1) is 20.2 Å². The molecule has 0 amide bonds. The van der Waals surface area contributed by atoms with E-state index in [0.29, 0.717) is 0 Å². The largest absolute Gasteiger partial charge is 0.502 e. The number of hydrogen-bond acceptors (Lipinski definition) is 7. The molecule has 0 heterocycles. The molecule has 0 atom stereocenters. The van der Waals surface area contributed by atoms with E-state index in [0.717, 1.165) is 0 Å². The van der Waals surface area contributed by atoms with Crippen molar-refractivity contribution in [1.82, 2.24) is 0 Å². The minimum absolute atomic E-state index is 0.478. The van der Waals surface area contributed by atoms with Crippen LogP contribution in [0.3, 0.4) is 0 Å². The molecule has 108 valence electrons. The topological polar surface area (TPSA) is 164 Å². The molecular weight excluding hydrogens is 276 g/mol. The van der Waals surface area contributed by atoms with Crippen molar-refractivity contribution in [2.45, 2.75) is 19.8 Å². The molecule has 0 saturated carbocycles. The van der Waals surface area contributed by atoms with E-state index in [1.807, 2.05) is 0 Å². The van der Waals surface area contributed by atoms with Crippen LogP contribution >= 0.6 is 0 Å². The summed E-state index contributed by atoms with van der Waals surface area (Å²) in [7, 11) is 0. The summed E-state index contributed by atoms with van der Waals surface area (Å²) in [4.78, 5) is 30.4. The lowest BCUT2D eigenvalue weighted by Crippen LogP contribution is -2.10. The van der Waals surface area contributed by atoms with Gasteiger partial charge in [-0.2, -0.15) is 0 Å². The van der Waals surface area contributed by atoms with E-state index in [1.165, 1.54) is 13.8 Å². The molecule has 0 spiro atoms. The summed E-state index contributed by atoms with van der Waals surface area (Å²) >= 11 is 0. The van der Waals surface area contributed by atoms with Gasteiger partial charge in [0.15, 0.2) is 0 Å². The summed E-state index contributed by atoms with van der Waals surface area (Å²) in [5.74, 6) is -5.11. The van der Waals surface area contributed by atoms with Gasteiger partial charge in [0.25, 0.3) is 5.75 Å². The van der Waals surface area contributed by atoms with Crippen molar-refractivity contribution in [2.75, 3.05) is 0 Å². The van der Waals surface area contributed by atoms with Crippen LogP contribution < -0.4 is 0 Å². The van der Waals surface area contributed by atoms with Crippen molar-refractivity contribution >= 4 is 17.3 Å². The van der Waals surface area contributed by atoms with Gasteiger partial charge in [-0.15, -0.1) is 0 Å². The molecule has 0 radical (unpaired) electrons. The van der Waals surface area contributed by atoms with Gasteiger partial charge in [-0.1, -0.05) is 13.8 Å². The predicted molar refractivity (Wildman–Crippen MR) is 64.1 cm³/mol. The zero-order chi connectivity index (χ0) is 15.8. The van der Waals surface area contributed by atoms with Gasteiger partial charge >= 0.3 is 17.3 Å². The van der Waals surface area contributed by atoms with Gasteiger partial charge in [0.05, 0.1) is 9.85 Å². The number of carboxylic acids is 1. The lowest BCUT2D eigenvalue weighted by atomic mass is 9.93. The van der Waals surface area contributed by atoms with Crippen LogP contribution in [0.5, 0.6) is 11.5 Å². The van der Waals surface area contributed by atoms with Crippen LogP contribution in [0.15, 0.2) is 0 Å². The molecule has 0 bridgehead atoms. The van der Waals surface area contributed by atoms with Crippen molar-refractivity contribution in [3.05, 3.63) is 31.4 Å². The second-order valence-electron chi connectivity index (χ2n) is 4.16. The first-order chi connectivity index (χ1) is 9.11. The summed E-state index contributed by atoms with van der Waals surface area (Å²) in [6, 6.07) is 0. The van der Waals surface area contributed by atoms with E-state index in [4.69, 9.17) is 5.11 Å². The van der Waals surface area contributed by atoms with Crippen molar-refractivity contribution in [3.8, 4) is 11.5 Å². The first kappa shape index (κ1) is 15.1. The van der Waals surface area contributed by atoms with Crippen molar-refractivity contribution in [1.29, 1.82) is 0 Å². The second-order valence-corrected chi connectivity index (χ2v) is 4.16. The Hall–Kier alpha value is -2.91. The number of phenols is 2. The quantitative estimate of drug-likeness (QED) is 0.556. The number of carboxylic acid groups (broad SMARTS) is 1. The Morgan fingerprint density at radius 2 is 1.50 bits per heavy atom. The zero-order valence-corrected chi connectivity index (χ0v) is 10.4. The molecule has 0 aromatic heterocycles. The number of phenolic OH excluding ortho intramolecular Hbond substituents is 2. The molecular formula is C10H10N2O8. The number of nitro benzene ring substituents is 2. The third kappa shape index (κ3) is 2.18. The van der Waals surface area contributed by atoms with Gasteiger partial charge in [0.2, 0.25) is 5.75 Å². The maximum Gasteiger partial charge on any atom is 0.359 e. The smallest absolute Gasteiger partial charge is 0.359 e. The second kappa shape index (κ2) is 4.99. The van der Waals surface area contributed by atoms with Crippen LogP contribution in [-0.2, 0) is 0 Å². The van der Waals surface area contributed by atoms with E-state index in [-0.39, 0.29) is 0 Å². The maximum atomic E-state index is 11.1. The molecule has 3 N–H and O–H groups in total. The van der Waals surface area contributed by atoms with Gasteiger partial charge in [0, 0.05) is 5.56 Å². The number of nitrogens with zero attached hydrogens (tertiary/aromatic N) is 2. The normalized spacial score (nSPS) is 10.6. The van der Waals surface area contributed by atoms with Gasteiger partial charge in [-0.3, -0.25) is 20.2 Å². The Labute approximate surface area is 111 Å². The molecule has 10 heteroatoms. The number of nitro groups is 2. The molecule has 0 fully saturated rings. The van der Waals surface area contributed by atoms with Crippen LogP contribution in [0.1, 0.15) is 35.7 Å². The average molecular weight is 286 g/mol. The summed E-state index contributed by atoms with van der Waals surface area (Å²) in [6.45, 7) is 2.79. The van der Waals surface area contributed by atoms with E-state index in [1.54, 1.807) is 0 Å². The predicted octanol–water partition coefficient (Wildman–Crippen LogP) is 1.74. The maximum absolute atomic E-state index is 11.1. The highest BCUT2D eigenvalue weighted by molar-refractivity contribution is 5.98. The Morgan fingerprint density at radius 1 is 1.05 bits per heavy atom. The summed E-state index contributed by atoms with van der Waals surface area (Å²) in [6.07, 6.45) is 0. The van der Waals surface area contributed by atoms with Crippen LogP contribution in [0.25, 0.3) is 0 Å². The molecule has 1 aromatic rings. The van der Waals surface area contributed by atoms with E-state index in [2.05, 4.69) is 0 Å². The monoisotopic (exact) mass is 286 g/mol. The molecule has 0 aliphatic heterocycles. The SMILES string of the molecule is CC(C)c1c(O)c([N+](=O)[O-])c(O)c([N+](=O)[O-])c1C(=O)O. The van der Waals surface area contributed by atoms with Crippen molar-refractivity contribution in [2.24, 2.45) is 0 Å². The van der Waals surface area contributed by atoms with Gasteiger partial charge in [-0.25, -0.2) is 4.79 Å². The minimum Gasteiger partial charge on any atom is -0.502 e. The average Bonchev–Trinajstić information content (AvgIpc) is 2.25. The molecule has 0 aliphatic carbocycles. The minimum atomic E-state index is -1.78. The lowest BCUT2D eigenvalue weighted by Gasteiger charge is -2.13. The summed E-state index contributed by atoms with van der Waals surface area (Å²) in [5, 5.41) is 50.0. The number of benzene rings is 1. The van der Waals surface area contributed by atoms with Crippen LogP contribution in [0.2, 0.25) is 0 Å². The number of rotatable bonds is 4. The highest BCUT2D eigenvalue weighted by atomic mass is 16.6. The van der Waals surface area contributed by atoms with Crippen LogP contribution in [-0.4, -0.2) is 31.1 Å². The van der Waals surface area contributed by atoms with E-state index < -0.39 is 55.7 Å². The third-order valence-corrected chi connectivity index (χ3v) is 2.59. The van der Waals surface area contributed by atoms with Gasteiger partial charge in [0.1, 0.15) is 5.56 Å². The standard InChI is InChI=1S/C10H10N2O8/c1-3(2)4-5(10(15)16)6(11(17)18)9(14)7(8(4)13)12(19)20/h3,13-14H,1-2H3,(H,15,16). The molecule has 1 aromatic carbocycles. The highest BCUT2D eigenvalue weighted by Crippen LogP contribution is 2.49. The molecule has 1 rings (SSSR count). The number of carbonyl (C=O) groups is 1. The fraction of sp³-hybridized carbons (Fsp3) is 0.300. The van der Waals surface area contributed by atoms with Gasteiger partial charge < -0.3 is 15.3 Å². The first-order valence-corrected chi connectivity index (χ1v) is 5.25. The molecule has 10 nitrogen and oxygen atoms in total. The molecule has 0 aliphatic rings.